The standard InChI is InChI=1S/C19H12Cl2F3NOS2/c1-2-12(15-13(20)8-10(9-14(15)21)19(22,23)24)16-17(26)25(18(27)28-16)11-6-4-3-5-7-11/h3-9H,2H2,1H3/b16-12-. The Labute approximate surface area is 179 Å². The first-order valence-corrected chi connectivity index (χ1v) is 10.0. The van der Waals surface area contributed by atoms with Crippen molar-refractivity contribution in [2.24, 2.45) is 0 Å². The van der Waals surface area contributed by atoms with Crippen LogP contribution in [0.2, 0.25) is 10.0 Å². The molecule has 0 radical (unpaired) electrons. The molecule has 0 bridgehead atoms. The Balaban J connectivity index is 2.12. The quantitative estimate of drug-likeness (QED) is 0.356. The molecule has 146 valence electrons. The number of thioether (sulfide) groups is 1. The Bertz CT molecular complexity index is 967. The fraction of sp³-hybridized carbons (Fsp3) is 0.158. The molecule has 1 saturated heterocycles. The number of thiocarbonyl (C=S) groups is 1. The number of anilines is 1. The molecule has 1 amide bonds. The third kappa shape index (κ3) is 3.94. The smallest absolute Gasteiger partial charge is 0.268 e. The minimum absolute atomic E-state index is 0.165. The van der Waals surface area contributed by atoms with Gasteiger partial charge in [0.2, 0.25) is 0 Å². The van der Waals surface area contributed by atoms with Crippen molar-refractivity contribution in [2.75, 3.05) is 4.90 Å². The van der Waals surface area contributed by atoms with Crippen LogP contribution < -0.4 is 4.90 Å². The van der Waals surface area contributed by atoms with E-state index in [1.807, 2.05) is 6.07 Å². The highest BCUT2D eigenvalue weighted by molar-refractivity contribution is 8.27. The van der Waals surface area contributed by atoms with Crippen molar-refractivity contribution < 1.29 is 18.0 Å². The van der Waals surface area contributed by atoms with Crippen molar-refractivity contribution >= 4 is 68.7 Å². The molecule has 2 aromatic rings. The predicted molar refractivity (Wildman–Crippen MR) is 113 cm³/mol. The van der Waals surface area contributed by atoms with E-state index in [1.54, 1.807) is 31.2 Å². The molecule has 0 N–H and O–H groups in total. The number of carbonyl (C=O) groups excluding carboxylic acids is 1. The molecular formula is C19H12Cl2F3NOS2. The minimum Gasteiger partial charge on any atom is -0.268 e. The van der Waals surface area contributed by atoms with Crippen LogP contribution in [0, 0.1) is 0 Å². The van der Waals surface area contributed by atoms with Gasteiger partial charge in [-0.3, -0.25) is 9.69 Å². The van der Waals surface area contributed by atoms with Crippen LogP contribution in [0.1, 0.15) is 24.5 Å². The van der Waals surface area contributed by atoms with Crippen LogP contribution in [0.3, 0.4) is 0 Å². The number of rotatable bonds is 3. The van der Waals surface area contributed by atoms with Crippen LogP contribution in [0.4, 0.5) is 18.9 Å². The lowest BCUT2D eigenvalue weighted by molar-refractivity contribution is -0.137. The third-order valence-corrected chi connectivity index (χ3v) is 6.09. The molecule has 2 aromatic carbocycles. The number of hydrogen-bond donors (Lipinski definition) is 0. The van der Waals surface area contributed by atoms with E-state index in [0.717, 1.165) is 23.9 Å². The Kier molecular flexibility index (Phi) is 6.10. The summed E-state index contributed by atoms with van der Waals surface area (Å²) in [5.41, 5.74) is 0.338. The zero-order chi connectivity index (χ0) is 20.6. The van der Waals surface area contributed by atoms with Crippen molar-refractivity contribution in [3.05, 3.63) is 68.5 Å². The van der Waals surface area contributed by atoms with Crippen molar-refractivity contribution in [1.29, 1.82) is 0 Å². The van der Waals surface area contributed by atoms with Gasteiger partial charge in [0.05, 0.1) is 26.2 Å². The number of halogens is 5. The van der Waals surface area contributed by atoms with Gasteiger partial charge in [-0.15, -0.1) is 0 Å². The van der Waals surface area contributed by atoms with E-state index >= 15 is 0 Å². The molecule has 3 rings (SSSR count). The molecule has 0 atom stereocenters. The maximum Gasteiger partial charge on any atom is 0.416 e. The second-order valence-corrected chi connectivity index (χ2v) is 8.28. The molecule has 9 heteroatoms. The first-order valence-electron chi connectivity index (χ1n) is 8.06. The second kappa shape index (κ2) is 8.06. The van der Waals surface area contributed by atoms with E-state index in [0.29, 0.717) is 26.9 Å². The van der Waals surface area contributed by atoms with Crippen LogP contribution >= 0.6 is 47.2 Å². The van der Waals surface area contributed by atoms with Gasteiger partial charge in [-0.25, -0.2) is 0 Å². The topological polar surface area (TPSA) is 20.3 Å². The summed E-state index contributed by atoms with van der Waals surface area (Å²) in [6.07, 6.45) is -4.24. The first kappa shape index (κ1) is 21.2. The van der Waals surface area contributed by atoms with Crippen molar-refractivity contribution in [3.8, 4) is 0 Å². The van der Waals surface area contributed by atoms with E-state index in [2.05, 4.69) is 0 Å². The van der Waals surface area contributed by atoms with E-state index in [1.165, 1.54) is 4.90 Å². The summed E-state index contributed by atoms with van der Waals surface area (Å²) in [7, 11) is 0. The molecule has 1 fully saturated rings. The SMILES string of the molecule is CC/C(=C1/SC(=S)N(c2ccccc2)C1=O)c1c(Cl)cc(C(F)(F)F)cc1Cl. The number of benzene rings is 2. The number of alkyl halides is 3. The minimum atomic E-state index is -4.57. The monoisotopic (exact) mass is 461 g/mol. The highest BCUT2D eigenvalue weighted by Gasteiger charge is 2.37. The van der Waals surface area contributed by atoms with Gasteiger partial charge in [0.15, 0.2) is 4.32 Å². The summed E-state index contributed by atoms with van der Waals surface area (Å²) in [6.45, 7) is 1.77. The molecule has 0 saturated carbocycles. The predicted octanol–water partition coefficient (Wildman–Crippen LogP) is 7.20. The van der Waals surface area contributed by atoms with Crippen molar-refractivity contribution in [3.63, 3.8) is 0 Å². The lowest BCUT2D eigenvalue weighted by atomic mass is 10.0. The Morgan fingerprint density at radius 2 is 1.71 bits per heavy atom. The van der Waals surface area contributed by atoms with Crippen LogP contribution in [0.5, 0.6) is 0 Å². The lowest BCUT2D eigenvalue weighted by Gasteiger charge is -2.16. The molecule has 1 heterocycles. The molecular weight excluding hydrogens is 450 g/mol. The molecule has 0 spiro atoms. The molecule has 1 aliphatic heterocycles. The zero-order valence-electron chi connectivity index (χ0n) is 14.3. The normalized spacial score (nSPS) is 16.7. The number of nitrogens with zero attached hydrogens (tertiary/aromatic N) is 1. The van der Waals surface area contributed by atoms with Crippen LogP contribution in [0.25, 0.3) is 5.57 Å². The van der Waals surface area contributed by atoms with Crippen LogP contribution in [-0.4, -0.2) is 10.2 Å². The maximum atomic E-state index is 13.0. The van der Waals surface area contributed by atoms with Gasteiger partial charge in [0.1, 0.15) is 0 Å². The van der Waals surface area contributed by atoms with E-state index in [4.69, 9.17) is 35.4 Å². The van der Waals surface area contributed by atoms with Gasteiger partial charge in [-0.1, -0.05) is 72.3 Å². The summed E-state index contributed by atoms with van der Waals surface area (Å²) in [5.74, 6) is -0.356. The largest absolute Gasteiger partial charge is 0.416 e. The maximum absolute atomic E-state index is 13.0. The molecule has 28 heavy (non-hydrogen) atoms. The summed E-state index contributed by atoms with van der Waals surface area (Å²) >= 11 is 18.7. The van der Waals surface area contributed by atoms with Gasteiger partial charge >= 0.3 is 6.18 Å². The Hall–Kier alpha value is -1.54. The summed E-state index contributed by atoms with van der Waals surface area (Å²) in [4.78, 5) is 14.7. The van der Waals surface area contributed by atoms with E-state index in [-0.39, 0.29) is 21.5 Å². The average Bonchev–Trinajstić information content (AvgIpc) is 2.92. The molecule has 1 aliphatic rings. The molecule has 2 nitrogen and oxygen atoms in total. The van der Waals surface area contributed by atoms with E-state index in [9.17, 15) is 18.0 Å². The lowest BCUT2D eigenvalue weighted by Crippen LogP contribution is -2.27. The number of carbonyl (C=O) groups is 1. The third-order valence-electron chi connectivity index (χ3n) is 4.08. The van der Waals surface area contributed by atoms with Gasteiger partial charge in [0.25, 0.3) is 5.91 Å². The number of hydrogen-bond acceptors (Lipinski definition) is 3. The molecule has 0 aromatic heterocycles. The fourth-order valence-electron chi connectivity index (χ4n) is 2.83. The molecule has 0 aliphatic carbocycles. The average molecular weight is 462 g/mol. The highest BCUT2D eigenvalue weighted by atomic mass is 35.5. The number of para-hydroxylation sites is 1. The van der Waals surface area contributed by atoms with Gasteiger partial charge in [-0.05, 0) is 36.3 Å². The van der Waals surface area contributed by atoms with Crippen molar-refractivity contribution in [1.82, 2.24) is 0 Å². The first-order chi connectivity index (χ1) is 13.1. The zero-order valence-corrected chi connectivity index (χ0v) is 17.5. The highest BCUT2D eigenvalue weighted by Crippen LogP contribution is 2.45. The Morgan fingerprint density at radius 1 is 1.14 bits per heavy atom. The van der Waals surface area contributed by atoms with Crippen LogP contribution in [-0.2, 0) is 11.0 Å². The van der Waals surface area contributed by atoms with Crippen LogP contribution in [0.15, 0.2) is 47.4 Å². The Morgan fingerprint density at radius 3 is 2.21 bits per heavy atom. The number of allylic oxidation sites excluding steroid dienone is 1. The summed E-state index contributed by atoms with van der Waals surface area (Å²) in [5, 5.41) is -0.330. The second-order valence-electron chi connectivity index (χ2n) is 5.82. The molecule has 0 unspecified atom stereocenters. The van der Waals surface area contributed by atoms with Gasteiger partial charge in [0, 0.05) is 5.56 Å². The fourth-order valence-corrected chi connectivity index (χ4v) is 4.98. The summed E-state index contributed by atoms with van der Waals surface area (Å²) < 4.78 is 39.3. The van der Waals surface area contributed by atoms with E-state index < -0.39 is 11.7 Å². The summed E-state index contributed by atoms with van der Waals surface area (Å²) in [6, 6.07) is 10.5. The van der Waals surface area contributed by atoms with Gasteiger partial charge in [-0.2, -0.15) is 13.2 Å². The van der Waals surface area contributed by atoms with Crippen molar-refractivity contribution in [2.45, 2.75) is 19.5 Å². The number of amides is 1. The van der Waals surface area contributed by atoms with Gasteiger partial charge < -0.3 is 0 Å².